The Morgan fingerprint density at radius 2 is 2.00 bits per heavy atom. The Hall–Kier alpha value is -0.403. The average molecular weight is 431 g/mol. The van der Waals surface area contributed by atoms with Crippen LogP contribution in [-0.2, 0) is 10.8 Å². The van der Waals surface area contributed by atoms with E-state index in [1.165, 1.54) is 5.56 Å². The van der Waals surface area contributed by atoms with E-state index in [0.717, 1.165) is 29.8 Å². The molecule has 1 aromatic heterocycles. The number of aromatic nitrogens is 1. The molecule has 0 aliphatic heterocycles. The molecule has 0 aliphatic carbocycles. The van der Waals surface area contributed by atoms with Gasteiger partial charge in [0.2, 0.25) is 0 Å². The summed E-state index contributed by atoms with van der Waals surface area (Å²) in [5.74, 6) is 0.722. The van der Waals surface area contributed by atoms with E-state index in [1.807, 2.05) is 13.0 Å². The Balaban J connectivity index is 1.96. The molecule has 0 N–H and O–H groups in total. The fourth-order valence-corrected chi connectivity index (χ4v) is 5.41. The van der Waals surface area contributed by atoms with Crippen molar-refractivity contribution in [1.29, 1.82) is 0 Å². The second kappa shape index (κ2) is 6.61. The minimum Gasteiger partial charge on any atom is -0.441 e. The third-order valence-electron chi connectivity index (χ3n) is 4.45. The zero-order valence-electron chi connectivity index (χ0n) is 14.4. The van der Waals surface area contributed by atoms with Gasteiger partial charge in [-0.3, -0.25) is 0 Å². The third kappa shape index (κ3) is 4.32. The highest BCUT2D eigenvalue weighted by molar-refractivity contribution is 14.1. The molecule has 22 heavy (non-hydrogen) atoms. The molecule has 0 bridgehead atoms. The first-order valence-corrected chi connectivity index (χ1v) is 11.9. The lowest BCUT2D eigenvalue weighted by molar-refractivity contribution is 0.265. The first kappa shape index (κ1) is 17.9. The SMILES string of the molecule is Cc1nc2cc(CCC(I)O[Si](C)(C)C(C)(C)C)ccc2o1. The summed E-state index contributed by atoms with van der Waals surface area (Å²) < 4.78 is 12.2. The Labute approximate surface area is 148 Å². The highest BCUT2D eigenvalue weighted by Crippen LogP contribution is 2.38. The summed E-state index contributed by atoms with van der Waals surface area (Å²) >= 11 is 2.43. The highest BCUT2D eigenvalue weighted by atomic mass is 127. The topological polar surface area (TPSA) is 35.3 Å². The molecule has 1 heterocycles. The van der Waals surface area contributed by atoms with Crippen molar-refractivity contribution >= 4 is 42.0 Å². The van der Waals surface area contributed by atoms with Crippen molar-refractivity contribution in [3.8, 4) is 0 Å². The van der Waals surface area contributed by atoms with Crippen LogP contribution < -0.4 is 0 Å². The van der Waals surface area contributed by atoms with Gasteiger partial charge < -0.3 is 8.84 Å². The molecule has 1 aromatic carbocycles. The molecule has 1 unspecified atom stereocenters. The standard InChI is InChI=1S/C17H26INO2Si/c1-12-19-14-11-13(7-9-15(14)20-12)8-10-16(18)21-22(5,6)17(2,3)4/h7,9,11,16H,8,10H2,1-6H3. The first-order chi connectivity index (χ1) is 10.1. The molecular weight excluding hydrogens is 405 g/mol. The monoisotopic (exact) mass is 431 g/mol. The summed E-state index contributed by atoms with van der Waals surface area (Å²) in [4.78, 5) is 4.40. The van der Waals surface area contributed by atoms with E-state index in [2.05, 4.69) is 73.6 Å². The lowest BCUT2D eigenvalue weighted by Gasteiger charge is -2.38. The van der Waals surface area contributed by atoms with E-state index < -0.39 is 8.32 Å². The molecule has 2 rings (SSSR count). The molecular formula is C17H26INO2Si. The molecule has 5 heteroatoms. The van der Waals surface area contributed by atoms with E-state index in [4.69, 9.17) is 8.84 Å². The predicted octanol–water partition coefficient (Wildman–Crippen LogP) is 5.85. The molecule has 0 fully saturated rings. The number of fused-ring (bicyclic) bond motifs is 1. The number of hydrogen-bond acceptors (Lipinski definition) is 3. The molecule has 2 aromatic rings. The Bertz CT molecular complexity index is 646. The van der Waals surface area contributed by atoms with Crippen molar-refractivity contribution in [2.24, 2.45) is 0 Å². The van der Waals surface area contributed by atoms with Crippen LogP contribution in [0.2, 0.25) is 18.1 Å². The van der Waals surface area contributed by atoms with Crippen molar-refractivity contribution in [3.63, 3.8) is 0 Å². The molecule has 0 amide bonds. The second-order valence-electron chi connectivity index (χ2n) is 7.36. The van der Waals surface area contributed by atoms with Crippen molar-refractivity contribution in [1.82, 2.24) is 4.98 Å². The van der Waals surface area contributed by atoms with Crippen LogP contribution in [0.1, 0.15) is 38.6 Å². The molecule has 0 radical (unpaired) electrons. The molecule has 122 valence electrons. The zero-order chi connectivity index (χ0) is 16.5. The van der Waals surface area contributed by atoms with Gasteiger partial charge in [0.15, 0.2) is 19.8 Å². The Morgan fingerprint density at radius 3 is 2.64 bits per heavy atom. The number of hydrogen-bond donors (Lipinski definition) is 0. The van der Waals surface area contributed by atoms with E-state index in [9.17, 15) is 0 Å². The van der Waals surface area contributed by atoms with Gasteiger partial charge in [-0.25, -0.2) is 4.98 Å². The summed E-state index contributed by atoms with van der Waals surface area (Å²) in [6.45, 7) is 13.3. The van der Waals surface area contributed by atoms with Crippen LogP contribution in [0.25, 0.3) is 11.1 Å². The summed E-state index contributed by atoms with van der Waals surface area (Å²) in [5.41, 5.74) is 3.11. The van der Waals surface area contributed by atoms with Gasteiger partial charge >= 0.3 is 0 Å². The van der Waals surface area contributed by atoms with E-state index in [-0.39, 0.29) is 9.15 Å². The van der Waals surface area contributed by atoms with Gasteiger partial charge in [-0.2, -0.15) is 0 Å². The molecule has 0 saturated heterocycles. The number of halogens is 1. The van der Waals surface area contributed by atoms with E-state index >= 15 is 0 Å². The van der Waals surface area contributed by atoms with Crippen LogP contribution >= 0.6 is 22.6 Å². The van der Waals surface area contributed by atoms with Crippen LogP contribution in [0.15, 0.2) is 22.6 Å². The van der Waals surface area contributed by atoms with Crippen LogP contribution in [0.5, 0.6) is 0 Å². The number of nitrogens with zero attached hydrogens (tertiary/aromatic N) is 1. The maximum atomic E-state index is 6.41. The molecule has 0 saturated carbocycles. The predicted molar refractivity (Wildman–Crippen MR) is 103 cm³/mol. The molecule has 3 nitrogen and oxygen atoms in total. The Kier molecular flexibility index (Phi) is 5.39. The van der Waals surface area contributed by atoms with E-state index in [1.54, 1.807) is 0 Å². The fraction of sp³-hybridized carbons (Fsp3) is 0.588. The molecule has 0 spiro atoms. The number of alkyl halides is 1. The van der Waals surface area contributed by atoms with Gasteiger partial charge in [0.25, 0.3) is 0 Å². The quantitative estimate of drug-likeness (QED) is 0.338. The van der Waals surface area contributed by atoms with Gasteiger partial charge in [-0.05, 0) is 48.7 Å². The third-order valence-corrected chi connectivity index (χ3v) is 10.3. The summed E-state index contributed by atoms with van der Waals surface area (Å²) in [6.07, 6.45) is 2.03. The van der Waals surface area contributed by atoms with Crippen molar-refractivity contribution in [2.45, 2.75) is 62.8 Å². The lowest BCUT2D eigenvalue weighted by Crippen LogP contribution is -2.42. The summed E-state index contributed by atoms with van der Waals surface area (Å²) in [5, 5.41) is 0.258. The van der Waals surface area contributed by atoms with Gasteiger partial charge in [0, 0.05) is 6.92 Å². The average Bonchev–Trinajstić information content (AvgIpc) is 2.73. The minimum atomic E-state index is -1.68. The molecule has 0 aliphatic rings. The van der Waals surface area contributed by atoms with E-state index in [0.29, 0.717) is 0 Å². The van der Waals surface area contributed by atoms with Crippen LogP contribution in [-0.4, -0.2) is 17.4 Å². The maximum absolute atomic E-state index is 6.41. The Morgan fingerprint density at radius 1 is 1.32 bits per heavy atom. The summed E-state index contributed by atoms with van der Waals surface area (Å²) in [7, 11) is -1.68. The van der Waals surface area contributed by atoms with Gasteiger partial charge in [0.05, 0.1) is 4.11 Å². The lowest BCUT2D eigenvalue weighted by atomic mass is 10.1. The second-order valence-corrected chi connectivity index (χ2v) is 13.5. The van der Waals surface area contributed by atoms with Crippen LogP contribution in [0, 0.1) is 6.92 Å². The number of rotatable bonds is 5. The van der Waals surface area contributed by atoms with Crippen LogP contribution in [0.3, 0.4) is 0 Å². The first-order valence-electron chi connectivity index (χ1n) is 7.76. The number of benzene rings is 1. The van der Waals surface area contributed by atoms with Gasteiger partial charge in [0.1, 0.15) is 5.52 Å². The normalized spacial score (nSPS) is 14.5. The maximum Gasteiger partial charge on any atom is 0.193 e. The zero-order valence-corrected chi connectivity index (χ0v) is 17.5. The van der Waals surface area contributed by atoms with Gasteiger partial charge in [-0.15, -0.1) is 0 Å². The van der Waals surface area contributed by atoms with Gasteiger partial charge in [-0.1, -0.05) is 49.4 Å². The van der Waals surface area contributed by atoms with Crippen molar-refractivity contribution < 1.29 is 8.84 Å². The highest BCUT2D eigenvalue weighted by Gasteiger charge is 2.38. The largest absolute Gasteiger partial charge is 0.441 e. The van der Waals surface area contributed by atoms with Crippen molar-refractivity contribution in [3.05, 3.63) is 29.7 Å². The smallest absolute Gasteiger partial charge is 0.193 e. The molecule has 1 atom stereocenters. The minimum absolute atomic E-state index is 0.258. The fourth-order valence-electron chi connectivity index (χ4n) is 2.08. The number of aryl methyl sites for hydroxylation is 2. The van der Waals surface area contributed by atoms with Crippen molar-refractivity contribution in [2.75, 3.05) is 0 Å². The van der Waals surface area contributed by atoms with Crippen LogP contribution in [0.4, 0.5) is 0 Å². The number of oxazole rings is 1. The summed E-state index contributed by atoms with van der Waals surface area (Å²) in [6, 6.07) is 6.27.